The van der Waals surface area contributed by atoms with Crippen molar-refractivity contribution in [1.29, 1.82) is 0 Å². The molecule has 0 spiro atoms. The van der Waals surface area contributed by atoms with Crippen LogP contribution in [0.5, 0.6) is 0 Å². The van der Waals surface area contributed by atoms with Crippen molar-refractivity contribution in [3.05, 3.63) is 194 Å². The second kappa shape index (κ2) is 11.4. The lowest BCUT2D eigenvalue weighted by atomic mass is 9.79. The maximum Gasteiger partial charge on any atom is -0.000696 e. The first-order chi connectivity index (χ1) is 25.8. The molecule has 0 fully saturated rings. The minimum absolute atomic E-state index is 1.22. The summed E-state index contributed by atoms with van der Waals surface area (Å²) in [5, 5.41) is 10.3. The molecule has 1 aliphatic rings. The molecule has 0 nitrogen and oxygen atoms in total. The van der Waals surface area contributed by atoms with Gasteiger partial charge in [-0.2, -0.15) is 0 Å². The molecule has 0 heterocycles. The summed E-state index contributed by atoms with van der Waals surface area (Å²) in [5.41, 5.74) is 15.3. The van der Waals surface area contributed by atoms with Crippen LogP contribution in [0.4, 0.5) is 0 Å². The van der Waals surface area contributed by atoms with Gasteiger partial charge in [-0.3, -0.25) is 0 Å². The van der Waals surface area contributed by atoms with E-state index in [0.29, 0.717) is 0 Å². The monoisotopic (exact) mass is 656 g/mol. The highest BCUT2D eigenvalue weighted by molar-refractivity contribution is 6.33. The average Bonchev–Trinajstić information content (AvgIpc) is 3.55. The van der Waals surface area contributed by atoms with Crippen LogP contribution >= 0.6 is 0 Å². The zero-order valence-corrected chi connectivity index (χ0v) is 28.5. The van der Waals surface area contributed by atoms with Gasteiger partial charge in [-0.1, -0.05) is 188 Å². The van der Waals surface area contributed by atoms with Crippen LogP contribution < -0.4 is 0 Å². The van der Waals surface area contributed by atoms with E-state index in [4.69, 9.17) is 0 Å². The van der Waals surface area contributed by atoms with E-state index in [-0.39, 0.29) is 0 Å². The molecule has 0 saturated carbocycles. The lowest BCUT2D eigenvalue weighted by Crippen LogP contribution is -1.96. The van der Waals surface area contributed by atoms with Crippen molar-refractivity contribution >= 4 is 43.1 Å². The molecule has 52 heavy (non-hydrogen) atoms. The highest BCUT2D eigenvalue weighted by Crippen LogP contribution is 2.60. The van der Waals surface area contributed by atoms with Crippen molar-refractivity contribution < 1.29 is 0 Å². The molecule has 240 valence electrons. The summed E-state index contributed by atoms with van der Waals surface area (Å²) in [6, 6.07) is 71.7. The largest absolute Gasteiger partial charge is 0.0622 e. The molecule has 10 aromatic rings. The Balaban J connectivity index is 1.37. The Morgan fingerprint density at radius 3 is 1.29 bits per heavy atom. The fraction of sp³-hybridized carbons (Fsp3) is 0. The summed E-state index contributed by atoms with van der Waals surface area (Å²) in [6.07, 6.45) is 0. The predicted molar refractivity (Wildman–Crippen MR) is 223 cm³/mol. The Morgan fingerprint density at radius 2 is 0.673 bits per heavy atom. The Morgan fingerprint density at radius 1 is 0.212 bits per heavy atom. The number of rotatable bonds is 4. The summed E-state index contributed by atoms with van der Waals surface area (Å²) in [6.45, 7) is 0. The van der Waals surface area contributed by atoms with E-state index in [2.05, 4.69) is 194 Å². The second-order valence-electron chi connectivity index (χ2n) is 13.9. The van der Waals surface area contributed by atoms with Gasteiger partial charge in [0.25, 0.3) is 0 Å². The fourth-order valence-corrected chi connectivity index (χ4v) is 9.05. The number of benzene rings is 10. The van der Waals surface area contributed by atoms with Gasteiger partial charge in [0.2, 0.25) is 0 Å². The highest BCUT2D eigenvalue weighted by Gasteiger charge is 2.32. The second-order valence-corrected chi connectivity index (χ2v) is 13.9. The minimum Gasteiger partial charge on any atom is -0.0622 e. The van der Waals surface area contributed by atoms with E-state index < -0.39 is 0 Å². The van der Waals surface area contributed by atoms with Crippen molar-refractivity contribution in [2.45, 2.75) is 0 Å². The standard InChI is InChI=1S/C52H32/c1-3-16-33(17-4-1)36-21-9-11-24-40(36)49-43-26-13-14-27-44(43)50(41-25-12-10-22-37(41)34-18-5-2-6-19-34)52-47-32-46-38-23-8-7-20-35(38)30-31-39(46)42-28-15-29-45(48(42)47)51(49)52/h1-32H. The van der Waals surface area contributed by atoms with Crippen LogP contribution in [0.15, 0.2) is 194 Å². The maximum absolute atomic E-state index is 2.51. The Kier molecular flexibility index (Phi) is 6.35. The quantitative estimate of drug-likeness (QED) is 0.165. The van der Waals surface area contributed by atoms with Crippen LogP contribution in [-0.2, 0) is 0 Å². The summed E-state index contributed by atoms with van der Waals surface area (Å²) in [4.78, 5) is 0. The maximum atomic E-state index is 2.51. The van der Waals surface area contributed by atoms with E-state index >= 15 is 0 Å². The normalized spacial score (nSPS) is 11.8. The molecule has 0 bridgehead atoms. The van der Waals surface area contributed by atoms with Gasteiger partial charge in [-0.05, 0) is 116 Å². The zero-order chi connectivity index (χ0) is 34.2. The number of hydrogen-bond donors (Lipinski definition) is 0. The summed E-state index contributed by atoms with van der Waals surface area (Å²) in [7, 11) is 0. The smallest absolute Gasteiger partial charge is 0.000696 e. The molecule has 11 rings (SSSR count). The van der Waals surface area contributed by atoms with Gasteiger partial charge in [0.15, 0.2) is 0 Å². The van der Waals surface area contributed by atoms with Crippen molar-refractivity contribution in [3.63, 3.8) is 0 Å². The molecule has 0 radical (unpaired) electrons. The van der Waals surface area contributed by atoms with E-state index in [1.54, 1.807) is 0 Å². The first-order valence-corrected chi connectivity index (χ1v) is 18.1. The molecule has 0 saturated heterocycles. The van der Waals surface area contributed by atoms with Gasteiger partial charge in [-0.25, -0.2) is 0 Å². The topological polar surface area (TPSA) is 0 Å². The molecule has 0 unspecified atom stereocenters. The fourth-order valence-electron chi connectivity index (χ4n) is 9.05. The molecule has 0 heteroatoms. The average molecular weight is 657 g/mol. The zero-order valence-electron chi connectivity index (χ0n) is 28.5. The third kappa shape index (κ3) is 4.16. The van der Waals surface area contributed by atoms with Crippen molar-refractivity contribution in [2.75, 3.05) is 0 Å². The van der Waals surface area contributed by atoms with Crippen molar-refractivity contribution in [2.24, 2.45) is 0 Å². The molecule has 0 aliphatic heterocycles. The molecular weight excluding hydrogens is 625 g/mol. The molecule has 1 aliphatic carbocycles. The van der Waals surface area contributed by atoms with Crippen LogP contribution in [0.1, 0.15) is 0 Å². The van der Waals surface area contributed by atoms with Gasteiger partial charge in [-0.15, -0.1) is 0 Å². The first-order valence-electron chi connectivity index (χ1n) is 18.1. The lowest BCUT2D eigenvalue weighted by molar-refractivity contribution is 1.58. The van der Waals surface area contributed by atoms with Crippen LogP contribution in [0.2, 0.25) is 0 Å². The van der Waals surface area contributed by atoms with Gasteiger partial charge < -0.3 is 0 Å². The highest BCUT2D eigenvalue weighted by atomic mass is 14.3. The lowest BCUT2D eigenvalue weighted by Gasteiger charge is -2.23. The summed E-state index contributed by atoms with van der Waals surface area (Å²) < 4.78 is 0. The molecule has 0 N–H and O–H groups in total. The van der Waals surface area contributed by atoms with E-state index in [1.165, 1.54) is 110 Å². The van der Waals surface area contributed by atoms with Crippen LogP contribution in [0.3, 0.4) is 0 Å². The number of hydrogen-bond acceptors (Lipinski definition) is 0. The van der Waals surface area contributed by atoms with Crippen molar-refractivity contribution in [3.8, 4) is 66.8 Å². The van der Waals surface area contributed by atoms with Crippen molar-refractivity contribution in [1.82, 2.24) is 0 Å². The molecule has 0 aromatic heterocycles. The van der Waals surface area contributed by atoms with Gasteiger partial charge >= 0.3 is 0 Å². The van der Waals surface area contributed by atoms with E-state index in [1.807, 2.05) is 0 Å². The molecule has 10 aromatic carbocycles. The van der Waals surface area contributed by atoms with E-state index in [9.17, 15) is 0 Å². The minimum atomic E-state index is 1.22. The summed E-state index contributed by atoms with van der Waals surface area (Å²) in [5.74, 6) is 0. The van der Waals surface area contributed by atoms with Gasteiger partial charge in [0.1, 0.15) is 0 Å². The number of fused-ring (bicyclic) bond motifs is 8. The summed E-state index contributed by atoms with van der Waals surface area (Å²) >= 11 is 0. The SMILES string of the molecule is c1ccc(-c2ccccc2-c2c3c(c(-c4ccccc4-c4ccccc4)c4ccccc24)-c2cc4c5ccccc5ccc4c4cccc-3c24)cc1. The van der Waals surface area contributed by atoms with Gasteiger partial charge in [0, 0.05) is 0 Å². The van der Waals surface area contributed by atoms with Crippen LogP contribution in [0.25, 0.3) is 110 Å². The third-order valence-corrected chi connectivity index (χ3v) is 11.2. The molecular formula is C52H32. The van der Waals surface area contributed by atoms with E-state index in [0.717, 1.165) is 0 Å². The molecule has 0 atom stereocenters. The Bertz CT molecular complexity index is 3040. The molecule has 0 amide bonds. The van der Waals surface area contributed by atoms with Crippen LogP contribution in [0, 0.1) is 0 Å². The van der Waals surface area contributed by atoms with Gasteiger partial charge in [0.05, 0.1) is 0 Å². The Labute approximate surface area is 302 Å². The Hall–Kier alpha value is -6.76. The van der Waals surface area contributed by atoms with Crippen LogP contribution in [-0.4, -0.2) is 0 Å². The first kappa shape index (κ1) is 29.0. The predicted octanol–water partition coefficient (Wildman–Crippen LogP) is 14.6. The third-order valence-electron chi connectivity index (χ3n) is 11.2.